The van der Waals surface area contributed by atoms with Crippen LogP contribution in [0.25, 0.3) is 0 Å². The molecule has 1 fully saturated rings. The van der Waals surface area contributed by atoms with E-state index in [1.807, 2.05) is 6.07 Å². The van der Waals surface area contributed by atoms with Gasteiger partial charge in [-0.15, -0.1) is 0 Å². The lowest BCUT2D eigenvalue weighted by Gasteiger charge is -2.31. The zero-order chi connectivity index (χ0) is 15.2. The number of likely N-dealkylation sites (N-methyl/N-ethyl adjacent to an activating group) is 1. The van der Waals surface area contributed by atoms with Crippen molar-refractivity contribution in [2.45, 2.75) is 32.2 Å². The molecule has 0 saturated heterocycles. The van der Waals surface area contributed by atoms with Gasteiger partial charge in [0.1, 0.15) is 6.61 Å². The zero-order valence-corrected chi connectivity index (χ0v) is 14.0. The average Bonchev–Trinajstić information content (AvgIpc) is 2.94. The van der Waals surface area contributed by atoms with Crippen LogP contribution in [0.15, 0.2) is 18.2 Å². The molecule has 0 aromatic heterocycles. The predicted octanol–water partition coefficient (Wildman–Crippen LogP) is 3.82. The Bertz CT molecular complexity index is 436. The van der Waals surface area contributed by atoms with Crippen LogP contribution in [0.4, 0.5) is 0 Å². The topological polar surface area (TPSA) is 38.5 Å². The molecular formula is C16H24Cl2N2O. The highest BCUT2D eigenvalue weighted by Gasteiger charge is 2.30. The van der Waals surface area contributed by atoms with Crippen LogP contribution in [0, 0.1) is 5.92 Å². The number of ether oxygens (including phenoxy) is 1. The van der Waals surface area contributed by atoms with E-state index in [-0.39, 0.29) is 0 Å². The van der Waals surface area contributed by atoms with Crippen molar-refractivity contribution in [3.8, 4) is 5.75 Å². The van der Waals surface area contributed by atoms with Gasteiger partial charge in [0.25, 0.3) is 0 Å². The first-order valence-electron chi connectivity index (χ1n) is 7.68. The second-order valence-electron chi connectivity index (χ2n) is 5.52. The third-order valence-electron chi connectivity index (χ3n) is 4.34. The molecule has 2 rings (SSSR count). The fourth-order valence-electron chi connectivity index (χ4n) is 3.22. The van der Waals surface area contributed by atoms with Crippen LogP contribution in [-0.4, -0.2) is 37.2 Å². The van der Waals surface area contributed by atoms with Gasteiger partial charge in [-0.25, -0.2) is 0 Å². The van der Waals surface area contributed by atoms with Crippen LogP contribution in [0.3, 0.4) is 0 Å². The van der Waals surface area contributed by atoms with Crippen molar-refractivity contribution < 1.29 is 4.74 Å². The standard InChI is InChI=1S/C16H24Cl2N2O/c1-2-20(15-8-3-5-12(15)11-19)9-10-21-16-13(17)6-4-7-14(16)18/h4,6-7,12,15H,2-3,5,8-11,19H2,1H3. The van der Waals surface area contributed by atoms with E-state index in [1.165, 1.54) is 19.3 Å². The zero-order valence-electron chi connectivity index (χ0n) is 12.5. The molecule has 2 unspecified atom stereocenters. The lowest BCUT2D eigenvalue weighted by Crippen LogP contribution is -2.42. The number of hydrogen-bond donors (Lipinski definition) is 1. The number of nitrogens with zero attached hydrogens (tertiary/aromatic N) is 1. The Morgan fingerprint density at radius 2 is 2.00 bits per heavy atom. The molecule has 1 saturated carbocycles. The maximum absolute atomic E-state index is 6.11. The fourth-order valence-corrected chi connectivity index (χ4v) is 3.72. The molecule has 0 aliphatic heterocycles. The van der Waals surface area contributed by atoms with E-state index in [1.54, 1.807) is 12.1 Å². The third kappa shape index (κ3) is 4.26. The molecule has 5 heteroatoms. The summed E-state index contributed by atoms with van der Waals surface area (Å²) in [6.07, 6.45) is 3.76. The van der Waals surface area contributed by atoms with Crippen LogP contribution in [0.5, 0.6) is 5.75 Å². The molecule has 2 atom stereocenters. The van der Waals surface area contributed by atoms with E-state index in [2.05, 4.69) is 11.8 Å². The first-order chi connectivity index (χ1) is 10.2. The van der Waals surface area contributed by atoms with Gasteiger partial charge in [-0.1, -0.05) is 42.6 Å². The number of halogens is 2. The molecule has 2 N–H and O–H groups in total. The summed E-state index contributed by atoms with van der Waals surface area (Å²) < 4.78 is 5.79. The van der Waals surface area contributed by atoms with E-state index in [0.29, 0.717) is 34.4 Å². The first-order valence-corrected chi connectivity index (χ1v) is 8.43. The minimum atomic E-state index is 0.561. The van der Waals surface area contributed by atoms with Crippen molar-refractivity contribution in [2.24, 2.45) is 11.7 Å². The highest BCUT2D eigenvalue weighted by molar-refractivity contribution is 6.37. The summed E-state index contributed by atoms with van der Waals surface area (Å²) >= 11 is 12.2. The summed E-state index contributed by atoms with van der Waals surface area (Å²) in [4.78, 5) is 2.47. The molecule has 118 valence electrons. The quantitative estimate of drug-likeness (QED) is 0.825. The van der Waals surface area contributed by atoms with Crippen molar-refractivity contribution in [1.29, 1.82) is 0 Å². The fraction of sp³-hybridized carbons (Fsp3) is 0.625. The molecular weight excluding hydrogens is 307 g/mol. The molecule has 0 bridgehead atoms. The number of hydrogen-bond acceptors (Lipinski definition) is 3. The first kappa shape index (κ1) is 16.9. The van der Waals surface area contributed by atoms with Crippen molar-refractivity contribution >= 4 is 23.2 Å². The predicted molar refractivity (Wildman–Crippen MR) is 89.4 cm³/mol. The maximum atomic E-state index is 6.11. The molecule has 0 radical (unpaired) electrons. The minimum absolute atomic E-state index is 0.561. The summed E-state index contributed by atoms with van der Waals surface area (Å²) in [5.74, 6) is 1.20. The lowest BCUT2D eigenvalue weighted by molar-refractivity contribution is 0.141. The van der Waals surface area contributed by atoms with Crippen molar-refractivity contribution in [1.82, 2.24) is 4.90 Å². The number of nitrogens with two attached hydrogens (primary N) is 1. The maximum Gasteiger partial charge on any atom is 0.156 e. The molecule has 0 amide bonds. The van der Waals surface area contributed by atoms with Gasteiger partial charge in [0.05, 0.1) is 10.0 Å². The highest BCUT2D eigenvalue weighted by Crippen LogP contribution is 2.33. The Hall–Kier alpha value is -0.480. The SMILES string of the molecule is CCN(CCOc1c(Cl)cccc1Cl)C1CCCC1CN. The molecule has 1 aromatic carbocycles. The Labute approximate surface area is 137 Å². The van der Waals surface area contributed by atoms with Crippen molar-refractivity contribution in [2.75, 3.05) is 26.2 Å². The van der Waals surface area contributed by atoms with Gasteiger partial charge in [-0.05, 0) is 44.0 Å². The Morgan fingerprint density at radius 3 is 2.62 bits per heavy atom. The van der Waals surface area contributed by atoms with Gasteiger partial charge in [-0.3, -0.25) is 4.90 Å². The summed E-state index contributed by atoms with van der Waals surface area (Å²) in [7, 11) is 0. The smallest absolute Gasteiger partial charge is 0.156 e. The summed E-state index contributed by atoms with van der Waals surface area (Å²) in [6.45, 7) is 5.44. The normalized spacial score (nSPS) is 22.0. The molecule has 1 aliphatic rings. The highest BCUT2D eigenvalue weighted by atomic mass is 35.5. The lowest BCUT2D eigenvalue weighted by atomic mass is 10.0. The van der Waals surface area contributed by atoms with Crippen LogP contribution in [0.2, 0.25) is 10.0 Å². The summed E-state index contributed by atoms with van der Waals surface area (Å²) in [6, 6.07) is 5.99. The Balaban J connectivity index is 1.89. The average molecular weight is 331 g/mol. The van der Waals surface area contributed by atoms with Gasteiger partial charge in [-0.2, -0.15) is 0 Å². The second-order valence-corrected chi connectivity index (χ2v) is 6.34. The van der Waals surface area contributed by atoms with E-state index in [0.717, 1.165) is 19.6 Å². The van der Waals surface area contributed by atoms with Crippen molar-refractivity contribution in [3.05, 3.63) is 28.2 Å². The molecule has 0 heterocycles. The summed E-state index contributed by atoms with van der Waals surface area (Å²) in [5.41, 5.74) is 5.88. The summed E-state index contributed by atoms with van der Waals surface area (Å²) in [5, 5.41) is 1.12. The number of rotatable bonds is 7. The minimum Gasteiger partial charge on any atom is -0.489 e. The Morgan fingerprint density at radius 1 is 1.29 bits per heavy atom. The van der Waals surface area contributed by atoms with Crippen molar-refractivity contribution in [3.63, 3.8) is 0 Å². The van der Waals surface area contributed by atoms with Gasteiger partial charge < -0.3 is 10.5 Å². The number of para-hydroxylation sites is 1. The second kappa shape index (κ2) is 8.23. The molecule has 1 aliphatic carbocycles. The molecule has 1 aromatic rings. The Kier molecular flexibility index (Phi) is 6.62. The van der Waals surface area contributed by atoms with E-state index in [4.69, 9.17) is 33.7 Å². The molecule has 0 spiro atoms. The van der Waals surface area contributed by atoms with Gasteiger partial charge in [0.15, 0.2) is 5.75 Å². The monoisotopic (exact) mass is 330 g/mol. The van der Waals surface area contributed by atoms with E-state index >= 15 is 0 Å². The van der Waals surface area contributed by atoms with E-state index < -0.39 is 0 Å². The van der Waals surface area contributed by atoms with Crippen LogP contribution < -0.4 is 10.5 Å². The molecule has 21 heavy (non-hydrogen) atoms. The van der Waals surface area contributed by atoms with Gasteiger partial charge in [0, 0.05) is 12.6 Å². The van der Waals surface area contributed by atoms with Gasteiger partial charge >= 0.3 is 0 Å². The number of benzene rings is 1. The van der Waals surface area contributed by atoms with Crippen LogP contribution in [0.1, 0.15) is 26.2 Å². The van der Waals surface area contributed by atoms with E-state index in [9.17, 15) is 0 Å². The van der Waals surface area contributed by atoms with Crippen LogP contribution >= 0.6 is 23.2 Å². The largest absolute Gasteiger partial charge is 0.489 e. The van der Waals surface area contributed by atoms with Crippen LogP contribution in [-0.2, 0) is 0 Å². The van der Waals surface area contributed by atoms with Gasteiger partial charge in [0.2, 0.25) is 0 Å². The third-order valence-corrected chi connectivity index (χ3v) is 4.94. The molecule has 3 nitrogen and oxygen atoms in total.